The Morgan fingerprint density at radius 2 is 2.06 bits per heavy atom. The van der Waals surface area contributed by atoms with Crippen LogP contribution in [0.1, 0.15) is 17.2 Å². The van der Waals surface area contributed by atoms with Gasteiger partial charge in [-0.15, -0.1) is 11.8 Å². The summed E-state index contributed by atoms with van der Waals surface area (Å²) in [7, 11) is 0. The summed E-state index contributed by atoms with van der Waals surface area (Å²) in [5.41, 5.74) is 2.32. The topological polar surface area (TPSA) is 112 Å². The number of carbonyl (C=O) groups is 3. The van der Waals surface area contributed by atoms with Crippen LogP contribution in [-0.2, 0) is 14.3 Å². The molecule has 2 aromatic carbocycles. The van der Waals surface area contributed by atoms with E-state index in [1.807, 2.05) is 36.6 Å². The molecule has 2 N–H and O–H groups in total. The van der Waals surface area contributed by atoms with E-state index in [0.717, 1.165) is 10.5 Å². The van der Waals surface area contributed by atoms with Crippen molar-refractivity contribution in [3.05, 3.63) is 70.9 Å². The van der Waals surface area contributed by atoms with E-state index in [1.165, 1.54) is 11.0 Å². The second-order valence-corrected chi connectivity index (χ2v) is 7.80. The summed E-state index contributed by atoms with van der Waals surface area (Å²) in [5, 5.41) is 14.5. The Kier molecular flexibility index (Phi) is 5.64. The Morgan fingerprint density at radius 1 is 1.29 bits per heavy atom. The van der Waals surface area contributed by atoms with Gasteiger partial charge >= 0.3 is 12.0 Å². The van der Waals surface area contributed by atoms with Crippen molar-refractivity contribution >= 4 is 35.4 Å². The van der Waals surface area contributed by atoms with Crippen molar-refractivity contribution in [1.29, 1.82) is 5.26 Å². The largest absolute Gasteiger partial charge is 0.456 e. The lowest BCUT2D eigenvalue weighted by molar-refractivity contribution is -0.136. The second kappa shape index (κ2) is 8.53. The maximum Gasteiger partial charge on any atom is 0.338 e. The van der Waals surface area contributed by atoms with Crippen molar-refractivity contribution in [1.82, 2.24) is 10.2 Å². The van der Waals surface area contributed by atoms with E-state index in [9.17, 15) is 14.4 Å². The Hall–Kier alpha value is -3.77. The molecule has 156 valence electrons. The van der Waals surface area contributed by atoms with E-state index >= 15 is 0 Å². The van der Waals surface area contributed by atoms with Crippen molar-refractivity contribution in [3.63, 3.8) is 0 Å². The summed E-state index contributed by atoms with van der Waals surface area (Å²) < 4.78 is 5.19. The van der Waals surface area contributed by atoms with Gasteiger partial charge in [-0.2, -0.15) is 5.26 Å². The Bertz CT molecular complexity index is 1140. The number of nitrogens with zero attached hydrogens (tertiary/aromatic N) is 2. The van der Waals surface area contributed by atoms with Gasteiger partial charge in [0.1, 0.15) is 13.2 Å². The average Bonchev–Trinajstić information content (AvgIpc) is 3.17. The highest BCUT2D eigenvalue weighted by Gasteiger charge is 2.42. The van der Waals surface area contributed by atoms with Crippen molar-refractivity contribution in [3.8, 4) is 6.07 Å². The molecule has 0 fully saturated rings. The summed E-state index contributed by atoms with van der Waals surface area (Å²) in [6, 6.07) is 14.9. The van der Waals surface area contributed by atoms with Crippen LogP contribution >= 0.6 is 11.8 Å². The molecule has 8 nitrogen and oxygen atoms in total. The molecule has 2 aliphatic heterocycles. The third-order valence-electron chi connectivity index (χ3n) is 5.02. The Labute approximate surface area is 182 Å². The zero-order valence-corrected chi connectivity index (χ0v) is 17.4. The highest BCUT2D eigenvalue weighted by Crippen LogP contribution is 2.35. The summed E-state index contributed by atoms with van der Waals surface area (Å²) in [6.07, 6.45) is 1.96. The van der Waals surface area contributed by atoms with Crippen molar-refractivity contribution in [2.45, 2.75) is 10.9 Å². The van der Waals surface area contributed by atoms with E-state index in [1.54, 1.807) is 30.0 Å². The van der Waals surface area contributed by atoms with Crippen LogP contribution in [0.25, 0.3) is 0 Å². The highest BCUT2D eigenvalue weighted by atomic mass is 32.2. The first-order chi connectivity index (χ1) is 15.0. The predicted octanol–water partition coefficient (Wildman–Crippen LogP) is 2.80. The highest BCUT2D eigenvalue weighted by molar-refractivity contribution is 7.98. The van der Waals surface area contributed by atoms with Gasteiger partial charge in [-0.3, -0.25) is 9.69 Å². The standard InChI is InChI=1S/C22H18N4O4S/c1-31-16-7-5-14(6-8-16)20-19-17(12-30-21(19)28)26(22(29)25-20)11-18(27)24-15-4-2-3-13(9-15)10-23/h2-9,20H,11-12H2,1H3,(H,24,27)(H,25,29)/t20-/m0/s1. The Balaban J connectivity index is 1.57. The first-order valence-corrected chi connectivity index (χ1v) is 10.6. The molecule has 0 radical (unpaired) electrons. The average molecular weight is 434 g/mol. The number of thioether (sulfide) groups is 1. The monoisotopic (exact) mass is 434 g/mol. The fraction of sp³-hybridized carbons (Fsp3) is 0.182. The van der Waals surface area contributed by atoms with Gasteiger partial charge in [0.15, 0.2) is 0 Å². The van der Waals surface area contributed by atoms with Crippen LogP contribution in [0.15, 0.2) is 64.7 Å². The summed E-state index contributed by atoms with van der Waals surface area (Å²) in [4.78, 5) is 40.1. The zero-order valence-electron chi connectivity index (χ0n) is 16.5. The number of rotatable bonds is 5. The van der Waals surface area contributed by atoms with Gasteiger partial charge < -0.3 is 15.4 Å². The number of hydrogen-bond acceptors (Lipinski definition) is 6. The van der Waals surface area contributed by atoms with E-state index < -0.39 is 23.9 Å². The number of benzene rings is 2. The minimum Gasteiger partial charge on any atom is -0.456 e. The number of anilines is 1. The van der Waals surface area contributed by atoms with Gasteiger partial charge in [0.25, 0.3) is 0 Å². The number of nitrogens with one attached hydrogen (secondary N) is 2. The van der Waals surface area contributed by atoms with E-state index in [-0.39, 0.29) is 13.2 Å². The van der Waals surface area contributed by atoms with E-state index in [2.05, 4.69) is 10.6 Å². The molecule has 4 rings (SSSR count). The van der Waals surface area contributed by atoms with Crippen LogP contribution in [0.2, 0.25) is 0 Å². The number of urea groups is 1. The van der Waals surface area contributed by atoms with Crippen LogP contribution in [0, 0.1) is 11.3 Å². The number of amides is 3. The second-order valence-electron chi connectivity index (χ2n) is 6.92. The molecule has 0 bridgehead atoms. The predicted molar refractivity (Wildman–Crippen MR) is 114 cm³/mol. The molecule has 3 amide bonds. The van der Waals surface area contributed by atoms with Gasteiger partial charge in [-0.25, -0.2) is 9.59 Å². The lowest BCUT2D eigenvalue weighted by Gasteiger charge is -2.32. The smallest absolute Gasteiger partial charge is 0.338 e. The number of hydrogen-bond donors (Lipinski definition) is 2. The van der Waals surface area contributed by atoms with E-state index in [0.29, 0.717) is 22.5 Å². The van der Waals surface area contributed by atoms with Gasteiger partial charge in [0.05, 0.1) is 28.9 Å². The molecular formula is C22H18N4O4S. The first kappa shape index (κ1) is 20.5. The van der Waals surface area contributed by atoms with Crippen LogP contribution in [0.5, 0.6) is 0 Å². The van der Waals surface area contributed by atoms with Gasteiger partial charge in [0, 0.05) is 10.6 Å². The number of cyclic esters (lactones) is 1. The van der Waals surface area contributed by atoms with E-state index in [4.69, 9.17) is 10.00 Å². The third-order valence-corrected chi connectivity index (χ3v) is 5.77. The van der Waals surface area contributed by atoms with Crippen molar-refractivity contribution in [2.24, 2.45) is 0 Å². The van der Waals surface area contributed by atoms with Crippen LogP contribution < -0.4 is 10.6 Å². The minimum atomic E-state index is -0.639. The number of nitriles is 1. The molecule has 0 saturated heterocycles. The molecule has 31 heavy (non-hydrogen) atoms. The molecular weight excluding hydrogens is 416 g/mol. The molecule has 0 saturated carbocycles. The van der Waals surface area contributed by atoms with Crippen LogP contribution in [0.4, 0.5) is 10.5 Å². The molecule has 0 unspecified atom stereocenters. The fourth-order valence-electron chi connectivity index (χ4n) is 3.54. The molecule has 1 atom stereocenters. The number of ether oxygens (including phenoxy) is 1. The van der Waals surface area contributed by atoms with Crippen molar-refractivity contribution in [2.75, 3.05) is 24.7 Å². The zero-order chi connectivity index (χ0) is 22.0. The number of esters is 1. The Morgan fingerprint density at radius 3 is 2.77 bits per heavy atom. The van der Waals surface area contributed by atoms with Gasteiger partial charge in [-0.1, -0.05) is 18.2 Å². The molecule has 2 heterocycles. The lowest BCUT2D eigenvalue weighted by Crippen LogP contribution is -2.49. The first-order valence-electron chi connectivity index (χ1n) is 9.42. The lowest BCUT2D eigenvalue weighted by atomic mass is 9.96. The maximum absolute atomic E-state index is 12.8. The summed E-state index contributed by atoms with van der Waals surface area (Å²) in [6.45, 7) is -0.367. The number of carbonyl (C=O) groups excluding carboxylic acids is 3. The molecule has 0 aliphatic carbocycles. The summed E-state index contributed by atoms with van der Waals surface area (Å²) >= 11 is 1.59. The van der Waals surface area contributed by atoms with Gasteiger partial charge in [0.2, 0.25) is 5.91 Å². The fourth-order valence-corrected chi connectivity index (χ4v) is 3.94. The molecule has 9 heteroatoms. The normalized spacial score (nSPS) is 17.5. The SMILES string of the molecule is CSc1ccc([C@@H]2NC(=O)N(CC(=O)Nc3cccc(C#N)c3)C3=C2C(=O)OC3)cc1. The molecule has 0 spiro atoms. The third kappa shape index (κ3) is 4.11. The molecule has 0 aromatic heterocycles. The molecule has 2 aliphatic rings. The maximum atomic E-state index is 12.8. The quantitative estimate of drug-likeness (QED) is 0.553. The minimum absolute atomic E-state index is 0.0713. The van der Waals surface area contributed by atoms with Gasteiger partial charge in [-0.05, 0) is 42.2 Å². The van der Waals surface area contributed by atoms with Crippen molar-refractivity contribution < 1.29 is 19.1 Å². The summed E-state index contributed by atoms with van der Waals surface area (Å²) in [5.74, 6) is -0.972. The molecule has 2 aromatic rings. The van der Waals surface area contributed by atoms with Crippen LogP contribution in [-0.4, -0.2) is 42.2 Å². The van der Waals surface area contributed by atoms with Crippen LogP contribution in [0.3, 0.4) is 0 Å².